The first-order chi connectivity index (χ1) is 5.18. The van der Waals surface area contributed by atoms with E-state index < -0.39 is 0 Å². The van der Waals surface area contributed by atoms with Gasteiger partial charge in [-0.25, -0.2) is 0 Å². The molecule has 11 heavy (non-hydrogen) atoms. The largest absolute Gasteiger partial charge is 0.298 e. The summed E-state index contributed by atoms with van der Waals surface area (Å²) in [5, 5.41) is 0.282. The van der Waals surface area contributed by atoms with E-state index in [2.05, 4.69) is 13.0 Å². The number of Topliss-reactive ketones (excluding diaryl/α,β-unsaturated/α-hetero) is 1. The summed E-state index contributed by atoms with van der Waals surface area (Å²) in [5.74, 6) is 1.33. The highest BCUT2D eigenvalue weighted by atomic mass is 32.2. The van der Waals surface area contributed by atoms with E-state index in [0.717, 1.165) is 6.42 Å². The van der Waals surface area contributed by atoms with Gasteiger partial charge in [0.25, 0.3) is 0 Å². The number of hydrogen-bond acceptors (Lipinski definition) is 2. The Morgan fingerprint density at radius 1 is 1.64 bits per heavy atom. The van der Waals surface area contributed by atoms with Crippen LogP contribution in [0, 0.1) is 11.8 Å². The van der Waals surface area contributed by atoms with Crippen LogP contribution in [0.3, 0.4) is 0 Å². The van der Waals surface area contributed by atoms with Crippen LogP contribution in [0.2, 0.25) is 0 Å². The van der Waals surface area contributed by atoms with Crippen LogP contribution < -0.4 is 0 Å². The molecule has 3 unspecified atom stereocenters. The third-order valence-corrected chi connectivity index (χ3v) is 3.89. The summed E-state index contributed by atoms with van der Waals surface area (Å²) in [6, 6.07) is 0. The molecule has 0 amide bonds. The Balaban J connectivity index is 2.22. The standard InChI is InChI=1S/C9H12OS/c1-5-3-7-4-6(2)11-9(7)8(5)10/h4-5,7,9H,3H2,1-2H3. The highest BCUT2D eigenvalue weighted by Crippen LogP contribution is 2.45. The Morgan fingerprint density at radius 2 is 2.36 bits per heavy atom. The van der Waals surface area contributed by atoms with Crippen molar-refractivity contribution < 1.29 is 4.79 Å². The fraction of sp³-hybridized carbons (Fsp3) is 0.667. The van der Waals surface area contributed by atoms with Gasteiger partial charge in [0.2, 0.25) is 0 Å². The maximum absolute atomic E-state index is 11.5. The second kappa shape index (κ2) is 2.37. The molecule has 0 N–H and O–H groups in total. The zero-order chi connectivity index (χ0) is 8.01. The molecule has 0 aromatic heterocycles. The Hall–Kier alpha value is -0.240. The molecule has 2 aliphatic rings. The average molecular weight is 168 g/mol. The average Bonchev–Trinajstić information content (AvgIpc) is 2.37. The highest BCUT2D eigenvalue weighted by Gasteiger charge is 2.42. The van der Waals surface area contributed by atoms with Gasteiger partial charge in [-0.1, -0.05) is 13.0 Å². The molecule has 1 saturated carbocycles. The van der Waals surface area contributed by atoms with E-state index in [1.165, 1.54) is 4.91 Å². The zero-order valence-corrected chi connectivity index (χ0v) is 7.65. The molecule has 0 radical (unpaired) electrons. The Morgan fingerprint density at radius 3 is 3.00 bits per heavy atom. The van der Waals surface area contributed by atoms with Gasteiger partial charge >= 0.3 is 0 Å². The summed E-state index contributed by atoms with van der Waals surface area (Å²) >= 11 is 1.76. The predicted molar refractivity (Wildman–Crippen MR) is 47.4 cm³/mol. The second-order valence-electron chi connectivity index (χ2n) is 3.52. The number of ketones is 1. The summed E-state index contributed by atoms with van der Waals surface area (Å²) in [5.41, 5.74) is 0. The van der Waals surface area contributed by atoms with Crippen molar-refractivity contribution in [3.05, 3.63) is 11.0 Å². The number of allylic oxidation sites excluding steroid dienone is 2. The number of carbonyl (C=O) groups excluding carboxylic acids is 1. The third kappa shape index (κ3) is 1.04. The molecule has 2 heteroatoms. The van der Waals surface area contributed by atoms with E-state index >= 15 is 0 Å². The lowest BCUT2D eigenvalue weighted by molar-refractivity contribution is -0.119. The fourth-order valence-corrected chi connectivity index (χ4v) is 3.35. The van der Waals surface area contributed by atoms with Gasteiger partial charge in [0.15, 0.2) is 0 Å². The van der Waals surface area contributed by atoms with Gasteiger partial charge in [0.05, 0.1) is 5.25 Å². The predicted octanol–water partition coefficient (Wildman–Crippen LogP) is 2.23. The lowest BCUT2D eigenvalue weighted by Gasteiger charge is -2.03. The molecule has 1 aliphatic heterocycles. The van der Waals surface area contributed by atoms with Gasteiger partial charge in [0.1, 0.15) is 5.78 Å². The lowest BCUT2D eigenvalue weighted by atomic mass is 10.1. The van der Waals surface area contributed by atoms with Crippen molar-refractivity contribution in [3.63, 3.8) is 0 Å². The Bertz CT molecular complexity index is 232. The highest BCUT2D eigenvalue weighted by molar-refractivity contribution is 8.04. The molecule has 1 nitrogen and oxygen atoms in total. The molecule has 1 fully saturated rings. The van der Waals surface area contributed by atoms with Gasteiger partial charge < -0.3 is 0 Å². The molecular weight excluding hydrogens is 156 g/mol. The fourth-order valence-electron chi connectivity index (χ4n) is 1.98. The van der Waals surface area contributed by atoms with Crippen LogP contribution in [0.1, 0.15) is 20.3 Å². The maximum atomic E-state index is 11.5. The van der Waals surface area contributed by atoms with Crippen LogP contribution >= 0.6 is 11.8 Å². The molecule has 1 heterocycles. The van der Waals surface area contributed by atoms with E-state index in [-0.39, 0.29) is 5.25 Å². The van der Waals surface area contributed by atoms with Gasteiger partial charge in [0, 0.05) is 5.92 Å². The van der Waals surface area contributed by atoms with Gasteiger partial charge in [-0.05, 0) is 24.2 Å². The first kappa shape index (κ1) is 7.41. The van der Waals surface area contributed by atoms with Crippen molar-refractivity contribution in [2.75, 3.05) is 0 Å². The molecule has 0 bridgehead atoms. The summed E-state index contributed by atoms with van der Waals surface area (Å²) in [6.07, 6.45) is 3.34. The van der Waals surface area contributed by atoms with E-state index in [1.54, 1.807) is 11.8 Å². The van der Waals surface area contributed by atoms with Crippen LogP contribution in [0.25, 0.3) is 0 Å². The van der Waals surface area contributed by atoms with Crippen LogP contribution in [0.4, 0.5) is 0 Å². The number of fused-ring (bicyclic) bond motifs is 1. The monoisotopic (exact) mass is 168 g/mol. The van der Waals surface area contributed by atoms with E-state index in [4.69, 9.17) is 0 Å². The molecule has 0 aromatic rings. The molecule has 2 rings (SSSR count). The van der Waals surface area contributed by atoms with Crippen molar-refractivity contribution in [2.45, 2.75) is 25.5 Å². The van der Waals surface area contributed by atoms with Crippen LogP contribution in [-0.4, -0.2) is 11.0 Å². The minimum absolute atomic E-state index is 0.282. The second-order valence-corrected chi connectivity index (χ2v) is 4.91. The molecule has 0 saturated heterocycles. The van der Waals surface area contributed by atoms with Crippen molar-refractivity contribution >= 4 is 17.5 Å². The van der Waals surface area contributed by atoms with Crippen LogP contribution in [0.5, 0.6) is 0 Å². The third-order valence-electron chi connectivity index (χ3n) is 2.54. The Labute approximate surface area is 71.2 Å². The van der Waals surface area contributed by atoms with Gasteiger partial charge in [-0.3, -0.25) is 4.79 Å². The van der Waals surface area contributed by atoms with E-state index in [1.807, 2.05) is 6.92 Å². The number of hydrogen-bond donors (Lipinski definition) is 0. The SMILES string of the molecule is CC1=CC2CC(C)C(=O)C2S1. The first-order valence-electron chi connectivity index (χ1n) is 4.07. The van der Waals surface area contributed by atoms with Crippen molar-refractivity contribution in [1.29, 1.82) is 0 Å². The molecule has 3 atom stereocenters. The summed E-state index contributed by atoms with van der Waals surface area (Å²) in [4.78, 5) is 12.8. The van der Waals surface area contributed by atoms with Crippen molar-refractivity contribution in [3.8, 4) is 0 Å². The minimum Gasteiger partial charge on any atom is -0.298 e. The van der Waals surface area contributed by atoms with Crippen molar-refractivity contribution in [2.24, 2.45) is 11.8 Å². The van der Waals surface area contributed by atoms with Crippen LogP contribution in [0.15, 0.2) is 11.0 Å². The molecule has 1 aliphatic carbocycles. The zero-order valence-electron chi connectivity index (χ0n) is 6.83. The molecule has 60 valence electrons. The molecule has 0 aromatic carbocycles. The molecule has 0 spiro atoms. The van der Waals surface area contributed by atoms with E-state index in [9.17, 15) is 4.79 Å². The number of thioether (sulfide) groups is 1. The quantitative estimate of drug-likeness (QED) is 0.551. The maximum Gasteiger partial charge on any atom is 0.149 e. The molecular formula is C9H12OS. The summed E-state index contributed by atoms with van der Waals surface area (Å²) in [7, 11) is 0. The van der Waals surface area contributed by atoms with E-state index in [0.29, 0.717) is 17.6 Å². The lowest BCUT2D eigenvalue weighted by Crippen LogP contribution is -2.14. The number of rotatable bonds is 0. The summed E-state index contributed by atoms with van der Waals surface area (Å²) < 4.78 is 0. The summed E-state index contributed by atoms with van der Waals surface area (Å²) in [6.45, 7) is 4.14. The number of carbonyl (C=O) groups is 1. The normalized spacial score (nSPS) is 42.5. The Kier molecular flexibility index (Phi) is 1.60. The van der Waals surface area contributed by atoms with Crippen molar-refractivity contribution in [1.82, 2.24) is 0 Å². The first-order valence-corrected chi connectivity index (χ1v) is 4.95. The van der Waals surface area contributed by atoms with Crippen LogP contribution in [-0.2, 0) is 4.79 Å². The smallest absolute Gasteiger partial charge is 0.149 e. The topological polar surface area (TPSA) is 17.1 Å². The van der Waals surface area contributed by atoms with Gasteiger partial charge in [-0.2, -0.15) is 0 Å². The minimum atomic E-state index is 0.282. The van der Waals surface area contributed by atoms with Gasteiger partial charge in [-0.15, -0.1) is 11.8 Å².